The van der Waals surface area contributed by atoms with Crippen molar-refractivity contribution in [1.82, 2.24) is 4.90 Å². The summed E-state index contributed by atoms with van der Waals surface area (Å²) in [6.07, 6.45) is 11.9. The normalized spacial score (nSPS) is 43.5. The van der Waals surface area contributed by atoms with Crippen molar-refractivity contribution in [3.05, 3.63) is 11.6 Å². The van der Waals surface area contributed by atoms with E-state index in [1.165, 1.54) is 29.7 Å². The number of aliphatic hydroxyl groups excluding tert-OH is 1. The van der Waals surface area contributed by atoms with E-state index in [2.05, 4.69) is 25.1 Å². The summed E-state index contributed by atoms with van der Waals surface area (Å²) < 4.78 is 0. The van der Waals surface area contributed by atoms with Crippen LogP contribution in [-0.2, 0) is 14.4 Å². The van der Waals surface area contributed by atoms with Gasteiger partial charge in [0, 0.05) is 6.54 Å². The van der Waals surface area contributed by atoms with Gasteiger partial charge in [0.1, 0.15) is 6.04 Å². The second-order valence-corrected chi connectivity index (χ2v) is 11.6. The molecule has 5 rings (SSSR count). The van der Waals surface area contributed by atoms with E-state index in [4.69, 9.17) is 4.84 Å². The van der Waals surface area contributed by atoms with Gasteiger partial charge in [-0.15, -0.1) is 0 Å². The summed E-state index contributed by atoms with van der Waals surface area (Å²) in [6.45, 7) is 5.02. The van der Waals surface area contributed by atoms with Crippen LogP contribution in [0.2, 0.25) is 0 Å². The third-order valence-corrected chi connectivity index (χ3v) is 10.2. The minimum Gasteiger partial charge on any atom is -0.480 e. The summed E-state index contributed by atoms with van der Waals surface area (Å²) >= 11 is 0. The number of hydrogen-bond donors (Lipinski definition) is 2. The zero-order chi connectivity index (χ0) is 23.4. The lowest BCUT2D eigenvalue weighted by Crippen LogP contribution is -2.51. The van der Waals surface area contributed by atoms with Crippen molar-refractivity contribution < 1.29 is 24.6 Å². The maximum Gasteiger partial charge on any atom is 0.326 e. The Morgan fingerprint density at radius 1 is 1.12 bits per heavy atom. The number of fused-ring (bicyclic) bond motifs is 5. The predicted octanol–water partition coefficient (Wildman–Crippen LogP) is 3.76. The highest BCUT2D eigenvalue weighted by Gasteiger charge is 2.58. The monoisotopic (exact) mass is 458 g/mol. The van der Waals surface area contributed by atoms with Gasteiger partial charge in [0.05, 0.1) is 11.8 Å². The molecule has 7 atom stereocenters. The van der Waals surface area contributed by atoms with Crippen molar-refractivity contribution in [2.75, 3.05) is 13.2 Å². The smallest absolute Gasteiger partial charge is 0.326 e. The van der Waals surface area contributed by atoms with Crippen LogP contribution in [0.25, 0.3) is 0 Å². The summed E-state index contributed by atoms with van der Waals surface area (Å²) in [5.74, 6) is 0.775. The van der Waals surface area contributed by atoms with Gasteiger partial charge < -0.3 is 20.0 Å². The zero-order valence-corrected chi connectivity index (χ0v) is 20.0. The van der Waals surface area contributed by atoms with Crippen LogP contribution in [0, 0.1) is 28.6 Å². The molecule has 0 aromatic carbocycles. The van der Waals surface area contributed by atoms with E-state index in [9.17, 15) is 19.8 Å². The Morgan fingerprint density at radius 3 is 2.73 bits per heavy atom. The van der Waals surface area contributed by atoms with Crippen molar-refractivity contribution in [2.24, 2.45) is 33.7 Å². The number of allylic oxidation sites excluding steroid dienone is 2. The van der Waals surface area contributed by atoms with Gasteiger partial charge in [0.2, 0.25) is 0 Å². The first-order chi connectivity index (χ1) is 15.7. The lowest BCUT2D eigenvalue weighted by molar-refractivity contribution is -0.150. The van der Waals surface area contributed by atoms with E-state index in [1.807, 2.05) is 0 Å². The fraction of sp³-hybridized carbons (Fsp3) is 0.808. The van der Waals surface area contributed by atoms with E-state index in [0.29, 0.717) is 37.1 Å². The number of aliphatic carboxylic acids is 1. The molecule has 0 spiro atoms. The summed E-state index contributed by atoms with van der Waals surface area (Å²) in [4.78, 5) is 30.5. The van der Waals surface area contributed by atoms with Gasteiger partial charge in [-0.1, -0.05) is 24.6 Å². The molecule has 1 aliphatic heterocycles. The van der Waals surface area contributed by atoms with Crippen molar-refractivity contribution in [3.63, 3.8) is 0 Å². The van der Waals surface area contributed by atoms with Crippen molar-refractivity contribution in [3.8, 4) is 0 Å². The summed E-state index contributed by atoms with van der Waals surface area (Å²) in [5, 5.41) is 24.2. The number of oxime groups is 1. The second-order valence-electron chi connectivity index (χ2n) is 11.6. The number of hydrogen-bond acceptors (Lipinski definition) is 5. The van der Waals surface area contributed by atoms with E-state index < -0.39 is 12.0 Å². The Hall–Kier alpha value is -1.89. The van der Waals surface area contributed by atoms with Gasteiger partial charge in [-0.3, -0.25) is 4.79 Å². The Labute approximate surface area is 196 Å². The number of aliphatic hydroxyl groups is 1. The van der Waals surface area contributed by atoms with Crippen LogP contribution in [0.15, 0.2) is 16.8 Å². The first-order valence-electron chi connectivity index (χ1n) is 12.8. The van der Waals surface area contributed by atoms with Gasteiger partial charge >= 0.3 is 5.97 Å². The molecule has 0 unspecified atom stereocenters. The highest BCUT2D eigenvalue weighted by molar-refractivity contribution is 5.96. The number of carboxylic acid groups (broad SMARTS) is 1. The maximum atomic E-state index is 12.4. The minimum absolute atomic E-state index is 0.107. The molecule has 7 heteroatoms. The minimum atomic E-state index is -0.950. The Morgan fingerprint density at radius 2 is 1.94 bits per heavy atom. The van der Waals surface area contributed by atoms with E-state index in [-0.39, 0.29) is 29.4 Å². The Balaban J connectivity index is 1.24. The number of carbonyl (C=O) groups is 2. The standard InChI is InChI=1S/C26H38N2O5/c1-25-11-9-17(27-33-15-23(30)28-13-3-4-21(28)24(31)32)14-16(25)5-6-18-19-7-8-22(29)26(19,2)12-10-20(18)25/h14,18-22,29H,3-13,15H2,1-2H3,(H,31,32)/t18-,19+,20-,21-,22+,25+,26+/m1/s1. The van der Waals surface area contributed by atoms with Crippen LogP contribution in [-0.4, -0.2) is 58.0 Å². The molecule has 1 amide bonds. The molecule has 7 nitrogen and oxygen atoms in total. The average molecular weight is 459 g/mol. The molecule has 1 saturated heterocycles. The van der Waals surface area contributed by atoms with Crippen molar-refractivity contribution >= 4 is 17.6 Å². The largest absolute Gasteiger partial charge is 0.480 e. The van der Waals surface area contributed by atoms with Crippen LogP contribution in [0.1, 0.15) is 78.1 Å². The molecule has 0 aromatic heterocycles. The third kappa shape index (κ3) is 3.71. The van der Waals surface area contributed by atoms with Gasteiger partial charge in [-0.05, 0) is 98.9 Å². The first kappa shape index (κ1) is 22.9. The molecular formula is C26H38N2O5. The number of carboxylic acids is 1. The Kier molecular flexibility index (Phi) is 5.82. The molecule has 4 fully saturated rings. The van der Waals surface area contributed by atoms with Gasteiger partial charge in [0.15, 0.2) is 6.61 Å². The second kappa shape index (κ2) is 8.40. The van der Waals surface area contributed by atoms with Gasteiger partial charge in [-0.2, -0.15) is 0 Å². The zero-order valence-electron chi connectivity index (χ0n) is 20.0. The SMILES string of the molecule is C[C@]12CC[C@@H]3[C@H](CCC4=CC(=NOCC(=O)N5CCC[C@@H]5C(=O)O)CC[C@@]43C)[C@@H]1CC[C@@H]2O. The summed E-state index contributed by atoms with van der Waals surface area (Å²) in [5.41, 5.74) is 2.66. The molecule has 33 heavy (non-hydrogen) atoms. The molecule has 2 N–H and O–H groups in total. The van der Waals surface area contributed by atoms with Crippen LogP contribution in [0.4, 0.5) is 0 Å². The van der Waals surface area contributed by atoms with E-state index >= 15 is 0 Å². The number of rotatable bonds is 4. The lowest BCUT2D eigenvalue weighted by atomic mass is 9.47. The van der Waals surface area contributed by atoms with Gasteiger partial charge in [-0.25, -0.2) is 4.79 Å². The molecule has 0 bridgehead atoms. The van der Waals surface area contributed by atoms with E-state index in [0.717, 1.165) is 37.8 Å². The van der Waals surface area contributed by atoms with Crippen LogP contribution < -0.4 is 0 Å². The molecule has 5 aliphatic rings. The number of amides is 1. The maximum absolute atomic E-state index is 12.4. The molecule has 1 heterocycles. The molecular weight excluding hydrogens is 420 g/mol. The molecule has 0 radical (unpaired) electrons. The predicted molar refractivity (Wildman–Crippen MR) is 123 cm³/mol. The van der Waals surface area contributed by atoms with Crippen molar-refractivity contribution in [1.29, 1.82) is 0 Å². The number of likely N-dealkylation sites (tertiary alicyclic amines) is 1. The fourth-order valence-electron chi connectivity index (χ4n) is 8.19. The molecule has 182 valence electrons. The summed E-state index contributed by atoms with van der Waals surface area (Å²) in [6, 6.07) is -0.736. The highest BCUT2D eigenvalue weighted by Crippen LogP contribution is 2.65. The van der Waals surface area contributed by atoms with Crippen LogP contribution >= 0.6 is 0 Å². The first-order valence-corrected chi connectivity index (χ1v) is 12.8. The van der Waals surface area contributed by atoms with Crippen LogP contribution in [0.5, 0.6) is 0 Å². The fourth-order valence-corrected chi connectivity index (χ4v) is 8.19. The summed E-state index contributed by atoms with van der Waals surface area (Å²) in [7, 11) is 0. The van der Waals surface area contributed by atoms with Gasteiger partial charge in [0.25, 0.3) is 5.91 Å². The average Bonchev–Trinajstić information content (AvgIpc) is 3.39. The van der Waals surface area contributed by atoms with E-state index in [1.54, 1.807) is 0 Å². The quantitative estimate of drug-likeness (QED) is 0.625. The topological polar surface area (TPSA) is 99.4 Å². The molecule has 4 aliphatic carbocycles. The highest BCUT2D eigenvalue weighted by atomic mass is 16.6. The van der Waals surface area contributed by atoms with Crippen molar-refractivity contribution in [2.45, 2.75) is 90.2 Å². The number of carbonyl (C=O) groups excluding carboxylic acids is 1. The number of nitrogens with zero attached hydrogens (tertiary/aromatic N) is 2. The van der Waals surface area contributed by atoms with Crippen LogP contribution in [0.3, 0.4) is 0 Å². The third-order valence-electron chi connectivity index (χ3n) is 10.2. The lowest BCUT2D eigenvalue weighted by Gasteiger charge is -2.57. The molecule has 3 saturated carbocycles. The molecule has 0 aromatic rings. The Bertz CT molecular complexity index is 884.